The number of carbonyl (C=O) groups excluding carboxylic acids is 1. The summed E-state index contributed by atoms with van der Waals surface area (Å²) in [5.74, 6) is -0.340. The molecule has 0 aliphatic heterocycles. The highest BCUT2D eigenvalue weighted by Crippen LogP contribution is 2.23. The molecule has 3 aromatic rings. The number of nitrogens with one attached hydrogen (secondary N) is 1. The van der Waals surface area contributed by atoms with Gasteiger partial charge in [-0.25, -0.2) is 17.9 Å². The van der Waals surface area contributed by atoms with Gasteiger partial charge in [0.1, 0.15) is 6.61 Å². The number of pyridine rings is 1. The lowest BCUT2D eigenvalue weighted by Gasteiger charge is -2.12. The van der Waals surface area contributed by atoms with Gasteiger partial charge in [-0.3, -0.25) is 4.98 Å². The lowest BCUT2D eigenvalue weighted by molar-refractivity contribution is 0.0515. The number of carbonyl (C=O) groups is 1. The lowest BCUT2D eigenvalue weighted by atomic mass is 10.0. The van der Waals surface area contributed by atoms with Crippen molar-refractivity contribution >= 4 is 26.9 Å². The van der Waals surface area contributed by atoms with Crippen molar-refractivity contribution in [2.24, 2.45) is 0 Å². The highest BCUT2D eigenvalue weighted by Gasteiger charge is 2.17. The summed E-state index contributed by atoms with van der Waals surface area (Å²) in [4.78, 5) is 17.4. The topological polar surface area (TPSA) is 85.4 Å². The van der Waals surface area contributed by atoms with E-state index in [0.717, 1.165) is 16.8 Å². The van der Waals surface area contributed by atoms with Gasteiger partial charge in [0.25, 0.3) is 0 Å². The number of sulfonamides is 1. The van der Waals surface area contributed by atoms with Crippen LogP contribution in [0.15, 0.2) is 59.5 Å². The maximum absolute atomic E-state index is 12.6. The molecule has 1 heterocycles. The number of para-hydroxylation sites is 1. The number of nitrogens with zero attached hydrogens (tertiary/aromatic N) is 1. The van der Waals surface area contributed by atoms with Gasteiger partial charge < -0.3 is 4.74 Å². The molecule has 29 heavy (non-hydrogen) atoms. The SMILES string of the molecule is Cc1ccc(S(=O)(=O)NCCOC(=O)c2cc(C(C)C)nc3ccccc23)cc1. The van der Waals surface area contributed by atoms with Crippen molar-refractivity contribution in [3.63, 3.8) is 0 Å². The molecule has 152 valence electrons. The van der Waals surface area contributed by atoms with Crippen LogP contribution in [0.25, 0.3) is 10.9 Å². The molecular weight excluding hydrogens is 388 g/mol. The van der Waals surface area contributed by atoms with E-state index >= 15 is 0 Å². The van der Waals surface area contributed by atoms with E-state index in [1.54, 1.807) is 30.3 Å². The van der Waals surface area contributed by atoms with Gasteiger partial charge in [-0.05, 0) is 37.1 Å². The van der Waals surface area contributed by atoms with Crippen LogP contribution in [0.1, 0.15) is 41.4 Å². The molecule has 0 aliphatic carbocycles. The predicted molar refractivity (Wildman–Crippen MR) is 112 cm³/mol. The fourth-order valence-corrected chi connectivity index (χ4v) is 3.87. The zero-order valence-electron chi connectivity index (χ0n) is 16.7. The Labute approximate surface area is 171 Å². The second kappa shape index (κ2) is 8.71. The van der Waals surface area contributed by atoms with E-state index in [0.29, 0.717) is 10.9 Å². The van der Waals surface area contributed by atoms with Gasteiger partial charge in [-0.15, -0.1) is 0 Å². The van der Waals surface area contributed by atoms with Gasteiger partial charge in [0.05, 0.1) is 16.0 Å². The van der Waals surface area contributed by atoms with E-state index in [1.807, 2.05) is 45.0 Å². The number of aryl methyl sites for hydroxylation is 1. The van der Waals surface area contributed by atoms with Gasteiger partial charge >= 0.3 is 5.97 Å². The molecule has 2 aromatic carbocycles. The summed E-state index contributed by atoms with van der Waals surface area (Å²) in [7, 11) is -3.64. The fraction of sp³-hybridized carbons (Fsp3) is 0.273. The molecule has 1 aromatic heterocycles. The molecule has 0 fully saturated rings. The molecular formula is C22H24N2O4S. The Morgan fingerprint density at radius 2 is 1.79 bits per heavy atom. The zero-order chi connectivity index (χ0) is 21.0. The van der Waals surface area contributed by atoms with Crippen LogP contribution >= 0.6 is 0 Å². The Morgan fingerprint density at radius 1 is 1.10 bits per heavy atom. The standard InChI is InChI=1S/C22H24N2O4S/c1-15(2)21-14-19(18-6-4-5-7-20(18)24-21)22(25)28-13-12-23-29(26,27)17-10-8-16(3)9-11-17/h4-11,14-15,23H,12-13H2,1-3H3. The molecule has 0 saturated heterocycles. The summed E-state index contributed by atoms with van der Waals surface area (Å²) in [5, 5.41) is 0.710. The summed E-state index contributed by atoms with van der Waals surface area (Å²) < 4.78 is 32.4. The predicted octanol–water partition coefficient (Wildman–Crippen LogP) is 3.80. The van der Waals surface area contributed by atoms with Gasteiger partial charge in [0.15, 0.2) is 0 Å². The fourth-order valence-electron chi connectivity index (χ4n) is 2.86. The number of hydrogen-bond acceptors (Lipinski definition) is 5. The molecule has 0 unspecified atom stereocenters. The number of aromatic nitrogens is 1. The molecule has 0 bridgehead atoms. The van der Waals surface area contributed by atoms with Crippen LogP contribution in [0.4, 0.5) is 0 Å². The Kier molecular flexibility index (Phi) is 6.30. The largest absolute Gasteiger partial charge is 0.461 e. The molecule has 0 aliphatic rings. The van der Waals surface area contributed by atoms with Gasteiger partial charge in [0, 0.05) is 17.6 Å². The average molecular weight is 413 g/mol. The van der Waals surface area contributed by atoms with Crippen LogP contribution < -0.4 is 4.72 Å². The summed E-state index contributed by atoms with van der Waals surface area (Å²) in [6.45, 7) is 5.81. The quantitative estimate of drug-likeness (QED) is 0.471. The van der Waals surface area contributed by atoms with E-state index in [2.05, 4.69) is 9.71 Å². The average Bonchev–Trinajstić information content (AvgIpc) is 2.70. The minimum Gasteiger partial charge on any atom is -0.461 e. The van der Waals surface area contributed by atoms with E-state index in [1.165, 1.54) is 0 Å². The smallest absolute Gasteiger partial charge is 0.338 e. The Bertz CT molecular complexity index is 1120. The third-order valence-corrected chi connectivity index (χ3v) is 5.98. The molecule has 0 spiro atoms. The van der Waals surface area contributed by atoms with Crippen molar-refractivity contribution in [3.8, 4) is 0 Å². The number of ether oxygens (including phenoxy) is 1. The van der Waals surface area contributed by atoms with Crippen molar-refractivity contribution < 1.29 is 17.9 Å². The first kappa shape index (κ1) is 21.0. The van der Waals surface area contributed by atoms with Crippen molar-refractivity contribution in [1.29, 1.82) is 0 Å². The highest BCUT2D eigenvalue weighted by atomic mass is 32.2. The third kappa shape index (κ3) is 4.99. The van der Waals surface area contributed by atoms with Crippen molar-refractivity contribution in [2.45, 2.75) is 31.6 Å². The zero-order valence-corrected chi connectivity index (χ0v) is 17.5. The molecule has 1 N–H and O–H groups in total. The normalized spacial score (nSPS) is 11.7. The molecule has 0 amide bonds. The van der Waals surface area contributed by atoms with Crippen LogP contribution in [0.5, 0.6) is 0 Å². The molecule has 3 rings (SSSR count). The lowest BCUT2D eigenvalue weighted by Crippen LogP contribution is -2.28. The second-order valence-electron chi connectivity index (χ2n) is 7.11. The Hall–Kier alpha value is -2.77. The van der Waals surface area contributed by atoms with Gasteiger partial charge in [-0.1, -0.05) is 49.7 Å². The number of benzene rings is 2. The van der Waals surface area contributed by atoms with E-state index < -0.39 is 16.0 Å². The van der Waals surface area contributed by atoms with Crippen LogP contribution in [0.3, 0.4) is 0 Å². The minimum absolute atomic E-state index is 0.0119. The first-order chi connectivity index (χ1) is 13.8. The number of rotatable bonds is 7. The Morgan fingerprint density at radius 3 is 2.48 bits per heavy atom. The van der Waals surface area contributed by atoms with Crippen molar-refractivity contribution in [2.75, 3.05) is 13.2 Å². The maximum atomic E-state index is 12.6. The van der Waals surface area contributed by atoms with Gasteiger partial charge in [-0.2, -0.15) is 0 Å². The van der Waals surface area contributed by atoms with E-state index in [-0.39, 0.29) is 24.0 Å². The van der Waals surface area contributed by atoms with Crippen LogP contribution in [-0.2, 0) is 14.8 Å². The summed E-state index contributed by atoms with van der Waals surface area (Å²) in [6.07, 6.45) is 0. The van der Waals surface area contributed by atoms with Crippen molar-refractivity contribution in [3.05, 3.63) is 71.4 Å². The molecule has 0 saturated carbocycles. The minimum atomic E-state index is -3.64. The second-order valence-corrected chi connectivity index (χ2v) is 8.88. The van der Waals surface area contributed by atoms with Crippen LogP contribution in [0, 0.1) is 6.92 Å². The van der Waals surface area contributed by atoms with Crippen LogP contribution in [-0.4, -0.2) is 32.5 Å². The number of esters is 1. The third-order valence-electron chi connectivity index (χ3n) is 4.51. The molecule has 6 nitrogen and oxygen atoms in total. The van der Waals surface area contributed by atoms with Crippen LogP contribution in [0.2, 0.25) is 0 Å². The summed E-state index contributed by atoms with van der Waals surface area (Å²) >= 11 is 0. The molecule has 0 radical (unpaired) electrons. The number of fused-ring (bicyclic) bond motifs is 1. The summed E-state index contributed by atoms with van der Waals surface area (Å²) in [5.41, 5.74) is 2.94. The van der Waals surface area contributed by atoms with Gasteiger partial charge in [0.2, 0.25) is 10.0 Å². The van der Waals surface area contributed by atoms with E-state index in [4.69, 9.17) is 4.74 Å². The Balaban J connectivity index is 1.67. The monoisotopic (exact) mass is 412 g/mol. The van der Waals surface area contributed by atoms with Crippen molar-refractivity contribution in [1.82, 2.24) is 9.71 Å². The number of hydrogen-bond donors (Lipinski definition) is 1. The highest BCUT2D eigenvalue weighted by molar-refractivity contribution is 7.89. The summed E-state index contributed by atoms with van der Waals surface area (Å²) in [6, 6.07) is 15.7. The maximum Gasteiger partial charge on any atom is 0.338 e. The van der Waals surface area contributed by atoms with E-state index in [9.17, 15) is 13.2 Å². The molecule has 0 atom stereocenters. The first-order valence-electron chi connectivity index (χ1n) is 9.41. The molecule has 7 heteroatoms. The first-order valence-corrected chi connectivity index (χ1v) is 10.9.